The van der Waals surface area contributed by atoms with E-state index in [1.54, 1.807) is 5.57 Å². The van der Waals surface area contributed by atoms with Gasteiger partial charge in [0.15, 0.2) is 0 Å². The molecular formula is C28H26N2O2. The number of rotatable bonds is 1. The number of carbonyl (C=O) groups is 1. The molecule has 6 aliphatic rings. The van der Waals surface area contributed by atoms with E-state index in [2.05, 4.69) is 58.4 Å². The van der Waals surface area contributed by atoms with E-state index in [0.29, 0.717) is 24.5 Å². The molecule has 5 aliphatic heterocycles. The zero-order valence-corrected chi connectivity index (χ0v) is 18.0. The van der Waals surface area contributed by atoms with Crippen LogP contribution in [0, 0.1) is 11.8 Å². The Morgan fingerprint density at radius 3 is 2.81 bits per heavy atom. The molecule has 32 heavy (non-hydrogen) atoms. The van der Waals surface area contributed by atoms with Crippen LogP contribution in [0.25, 0.3) is 6.08 Å². The minimum atomic E-state index is -0.137. The average Bonchev–Trinajstić information content (AvgIpc) is 3.29. The van der Waals surface area contributed by atoms with Gasteiger partial charge >= 0.3 is 0 Å². The zero-order valence-electron chi connectivity index (χ0n) is 18.0. The number of ether oxygens (including phenoxy) is 1. The van der Waals surface area contributed by atoms with E-state index in [1.807, 2.05) is 18.2 Å². The Labute approximate surface area is 188 Å². The number of anilines is 1. The van der Waals surface area contributed by atoms with E-state index in [0.717, 1.165) is 36.3 Å². The second-order valence-electron chi connectivity index (χ2n) is 10.4. The number of benzene rings is 2. The van der Waals surface area contributed by atoms with Gasteiger partial charge in [-0.05, 0) is 48.6 Å². The summed E-state index contributed by atoms with van der Waals surface area (Å²) in [5.41, 5.74) is 6.04. The third kappa shape index (κ3) is 1.96. The van der Waals surface area contributed by atoms with Crippen molar-refractivity contribution < 1.29 is 9.53 Å². The zero-order chi connectivity index (χ0) is 21.0. The molecule has 4 fully saturated rings. The second-order valence-corrected chi connectivity index (χ2v) is 10.4. The Morgan fingerprint density at radius 2 is 1.91 bits per heavy atom. The van der Waals surface area contributed by atoms with Crippen molar-refractivity contribution in [3.05, 3.63) is 82.9 Å². The average molecular weight is 423 g/mol. The molecule has 5 heterocycles. The minimum absolute atomic E-state index is 0.0448. The van der Waals surface area contributed by atoms with E-state index < -0.39 is 0 Å². The standard InChI is InChI=1S/C28H26N2O2/c31-27-20(14-17-6-2-1-3-7-17)25-24-19-15-23-28(11-12-29(23)16-18(19)10-13-32-25)21-8-4-5-9-22(21)30(27)26(24)28/h1-10,14,19,23-26H,11-13,15-16H2/b20-14-/t19-,23-,24-,25-,26-,28-/m1/s1. The van der Waals surface area contributed by atoms with E-state index in [9.17, 15) is 4.79 Å². The third-order valence-electron chi connectivity index (χ3n) is 9.35. The molecule has 1 amide bonds. The van der Waals surface area contributed by atoms with Gasteiger partial charge in [-0.25, -0.2) is 0 Å². The quantitative estimate of drug-likeness (QED) is 0.518. The van der Waals surface area contributed by atoms with Gasteiger partial charge in [-0.3, -0.25) is 9.69 Å². The Balaban J connectivity index is 1.40. The van der Waals surface area contributed by atoms with Gasteiger partial charge in [0.25, 0.3) is 5.91 Å². The molecule has 0 N–H and O–H groups in total. The molecule has 0 unspecified atom stereocenters. The van der Waals surface area contributed by atoms with Gasteiger partial charge in [0.2, 0.25) is 0 Å². The molecule has 1 aliphatic carbocycles. The molecule has 4 nitrogen and oxygen atoms in total. The van der Waals surface area contributed by atoms with E-state index >= 15 is 0 Å². The molecule has 0 aromatic heterocycles. The number of hydrogen-bond donors (Lipinski definition) is 0. The van der Waals surface area contributed by atoms with Crippen LogP contribution < -0.4 is 4.90 Å². The van der Waals surface area contributed by atoms with Gasteiger partial charge in [-0.1, -0.05) is 60.2 Å². The Bertz CT molecular complexity index is 1220. The van der Waals surface area contributed by atoms with Crippen LogP contribution >= 0.6 is 0 Å². The second kappa shape index (κ2) is 6.00. The highest BCUT2D eigenvalue weighted by Crippen LogP contribution is 2.66. The van der Waals surface area contributed by atoms with Crippen molar-refractivity contribution in [3.63, 3.8) is 0 Å². The first kappa shape index (κ1) is 17.8. The van der Waals surface area contributed by atoms with Crippen molar-refractivity contribution in [2.75, 3.05) is 24.6 Å². The van der Waals surface area contributed by atoms with E-state index in [-0.39, 0.29) is 23.5 Å². The highest BCUT2D eigenvalue weighted by atomic mass is 16.5. The van der Waals surface area contributed by atoms with Crippen LogP contribution in [-0.4, -0.2) is 48.7 Å². The molecule has 1 saturated carbocycles. The Kier molecular flexibility index (Phi) is 3.34. The normalized spacial score (nSPS) is 39.7. The van der Waals surface area contributed by atoms with Crippen molar-refractivity contribution in [3.8, 4) is 0 Å². The number of para-hydroxylation sites is 1. The number of carbonyl (C=O) groups excluding carboxylic acids is 1. The fourth-order valence-corrected chi connectivity index (χ4v) is 8.31. The number of piperidine rings is 2. The van der Waals surface area contributed by atoms with Crippen molar-refractivity contribution >= 4 is 17.7 Å². The predicted octanol–water partition coefficient (Wildman–Crippen LogP) is 3.79. The van der Waals surface area contributed by atoms with Crippen LogP contribution in [0.15, 0.2) is 71.8 Å². The Hall–Kier alpha value is -2.69. The molecule has 6 atom stereocenters. The van der Waals surface area contributed by atoms with Gasteiger partial charge < -0.3 is 9.64 Å². The van der Waals surface area contributed by atoms with Crippen molar-refractivity contribution in [1.29, 1.82) is 0 Å². The van der Waals surface area contributed by atoms with Gasteiger partial charge in [0, 0.05) is 35.2 Å². The maximum Gasteiger partial charge on any atom is 0.257 e. The van der Waals surface area contributed by atoms with Crippen LogP contribution in [0.1, 0.15) is 24.0 Å². The first-order chi connectivity index (χ1) is 15.8. The summed E-state index contributed by atoms with van der Waals surface area (Å²) in [6.07, 6.45) is 6.63. The molecule has 2 aromatic carbocycles. The summed E-state index contributed by atoms with van der Waals surface area (Å²) in [4.78, 5) is 19.1. The summed E-state index contributed by atoms with van der Waals surface area (Å²) in [5.74, 6) is 0.968. The lowest BCUT2D eigenvalue weighted by molar-refractivity contribution is -0.123. The molecule has 2 bridgehead atoms. The summed E-state index contributed by atoms with van der Waals surface area (Å²) in [5, 5.41) is 0. The van der Waals surface area contributed by atoms with Crippen molar-refractivity contribution in [1.82, 2.24) is 4.90 Å². The fraction of sp³-hybridized carbons (Fsp3) is 0.393. The third-order valence-corrected chi connectivity index (χ3v) is 9.35. The summed E-state index contributed by atoms with van der Waals surface area (Å²) in [6, 6.07) is 19.7. The molecule has 3 saturated heterocycles. The van der Waals surface area contributed by atoms with Gasteiger partial charge in [-0.2, -0.15) is 0 Å². The van der Waals surface area contributed by atoms with Crippen LogP contribution in [0.5, 0.6) is 0 Å². The smallest absolute Gasteiger partial charge is 0.257 e. The lowest BCUT2D eigenvalue weighted by Crippen LogP contribution is -2.69. The van der Waals surface area contributed by atoms with Gasteiger partial charge in [-0.15, -0.1) is 0 Å². The highest BCUT2D eigenvalue weighted by molar-refractivity contribution is 6.12. The topological polar surface area (TPSA) is 32.8 Å². The summed E-state index contributed by atoms with van der Waals surface area (Å²) in [6.45, 7) is 2.81. The molecular weight excluding hydrogens is 396 g/mol. The van der Waals surface area contributed by atoms with Crippen LogP contribution in [0.2, 0.25) is 0 Å². The monoisotopic (exact) mass is 422 g/mol. The molecule has 160 valence electrons. The van der Waals surface area contributed by atoms with Crippen LogP contribution in [0.4, 0.5) is 5.69 Å². The molecule has 0 radical (unpaired) electrons. The van der Waals surface area contributed by atoms with Crippen LogP contribution in [0.3, 0.4) is 0 Å². The first-order valence-corrected chi connectivity index (χ1v) is 12.0. The fourth-order valence-electron chi connectivity index (χ4n) is 8.31. The summed E-state index contributed by atoms with van der Waals surface area (Å²) >= 11 is 0. The number of nitrogens with zero attached hydrogens (tertiary/aromatic N) is 2. The summed E-state index contributed by atoms with van der Waals surface area (Å²) in [7, 11) is 0. The largest absolute Gasteiger partial charge is 0.369 e. The lowest BCUT2D eigenvalue weighted by Gasteiger charge is -2.59. The minimum Gasteiger partial charge on any atom is -0.369 e. The maximum absolute atomic E-state index is 14.2. The molecule has 2 aromatic rings. The molecule has 4 heteroatoms. The number of fused-ring (bicyclic) bond motifs is 2. The molecule has 1 spiro atoms. The number of hydrogen-bond acceptors (Lipinski definition) is 3. The highest BCUT2D eigenvalue weighted by Gasteiger charge is 2.71. The van der Waals surface area contributed by atoms with Crippen LogP contribution in [-0.2, 0) is 14.9 Å². The maximum atomic E-state index is 14.2. The Morgan fingerprint density at radius 1 is 1.06 bits per heavy atom. The first-order valence-electron chi connectivity index (χ1n) is 12.0. The predicted molar refractivity (Wildman–Crippen MR) is 123 cm³/mol. The SMILES string of the molecule is O=C1/C(=C\c2ccccc2)[C@H]2OCC=C3CN4CC[C@]56c7ccccc7N1[C@@H]5[C@@H]2[C@@H]3C[C@@H]46. The van der Waals surface area contributed by atoms with Gasteiger partial charge in [0.05, 0.1) is 18.8 Å². The van der Waals surface area contributed by atoms with Crippen molar-refractivity contribution in [2.24, 2.45) is 11.8 Å². The number of amides is 1. The van der Waals surface area contributed by atoms with E-state index in [4.69, 9.17) is 4.74 Å². The lowest BCUT2D eigenvalue weighted by atomic mass is 9.53. The van der Waals surface area contributed by atoms with E-state index in [1.165, 1.54) is 12.0 Å². The van der Waals surface area contributed by atoms with Gasteiger partial charge in [0.1, 0.15) is 0 Å². The summed E-state index contributed by atoms with van der Waals surface area (Å²) < 4.78 is 6.57. The van der Waals surface area contributed by atoms with Crippen molar-refractivity contribution in [2.45, 2.75) is 36.4 Å². The molecule has 8 rings (SSSR count).